The highest BCUT2D eigenvalue weighted by atomic mass is 16.3. The largest absolute Gasteiger partial charge is 0.472 e. The molecule has 0 aromatic carbocycles. The van der Waals surface area contributed by atoms with Gasteiger partial charge < -0.3 is 9.52 Å². The molecule has 0 radical (unpaired) electrons. The van der Waals surface area contributed by atoms with E-state index in [1.807, 2.05) is 13.0 Å². The van der Waals surface area contributed by atoms with Gasteiger partial charge in [-0.1, -0.05) is 0 Å². The van der Waals surface area contributed by atoms with E-state index in [0.717, 1.165) is 16.7 Å². The van der Waals surface area contributed by atoms with Gasteiger partial charge in [-0.3, -0.25) is 4.98 Å². The van der Waals surface area contributed by atoms with Crippen molar-refractivity contribution in [3.8, 4) is 0 Å². The van der Waals surface area contributed by atoms with E-state index in [0.29, 0.717) is 0 Å². The van der Waals surface area contributed by atoms with Crippen molar-refractivity contribution in [2.45, 2.75) is 19.4 Å². The lowest BCUT2D eigenvalue weighted by atomic mass is 9.91. The summed E-state index contributed by atoms with van der Waals surface area (Å²) in [6.07, 6.45) is 6.52. The molecule has 0 aliphatic rings. The average Bonchev–Trinajstić information content (AvgIpc) is 2.71. The van der Waals surface area contributed by atoms with E-state index in [2.05, 4.69) is 4.98 Å². The van der Waals surface area contributed by atoms with Crippen LogP contribution in [-0.4, -0.2) is 10.1 Å². The molecule has 1 atom stereocenters. The normalized spacial score (nSPS) is 14.9. The van der Waals surface area contributed by atoms with Gasteiger partial charge in [0, 0.05) is 23.5 Å². The number of rotatable bonds is 2. The summed E-state index contributed by atoms with van der Waals surface area (Å²) in [4.78, 5) is 4.07. The fourth-order valence-electron chi connectivity index (χ4n) is 1.53. The molecule has 3 heteroatoms. The van der Waals surface area contributed by atoms with Crippen LogP contribution in [0.3, 0.4) is 0 Å². The Bertz CT molecular complexity index is 446. The summed E-state index contributed by atoms with van der Waals surface area (Å²) in [7, 11) is 0. The molecule has 1 unspecified atom stereocenters. The predicted octanol–water partition coefficient (Wildman–Crippen LogP) is 2.24. The first-order valence-corrected chi connectivity index (χ1v) is 4.78. The number of hydrogen-bond donors (Lipinski definition) is 1. The minimum Gasteiger partial charge on any atom is -0.472 e. The van der Waals surface area contributed by atoms with Crippen LogP contribution in [0.5, 0.6) is 0 Å². The van der Waals surface area contributed by atoms with Gasteiger partial charge in [0.15, 0.2) is 0 Å². The zero-order valence-corrected chi connectivity index (χ0v) is 8.77. The number of aromatic nitrogens is 1. The second-order valence-electron chi connectivity index (χ2n) is 3.84. The van der Waals surface area contributed by atoms with Gasteiger partial charge in [0.2, 0.25) is 0 Å². The minimum absolute atomic E-state index is 0.731. The Morgan fingerprint density at radius 2 is 2.13 bits per heavy atom. The summed E-state index contributed by atoms with van der Waals surface area (Å²) < 4.78 is 4.97. The van der Waals surface area contributed by atoms with Gasteiger partial charge in [0.05, 0.1) is 12.5 Å². The maximum atomic E-state index is 10.4. The van der Waals surface area contributed by atoms with Crippen molar-refractivity contribution in [2.24, 2.45) is 0 Å². The Morgan fingerprint density at radius 1 is 1.33 bits per heavy atom. The molecule has 0 aliphatic heterocycles. The Labute approximate surface area is 88.4 Å². The maximum Gasteiger partial charge on any atom is 0.116 e. The summed E-state index contributed by atoms with van der Waals surface area (Å²) in [6.45, 7) is 3.68. The predicted molar refractivity (Wildman–Crippen MR) is 56.4 cm³/mol. The van der Waals surface area contributed by atoms with Crippen molar-refractivity contribution in [1.29, 1.82) is 0 Å². The van der Waals surface area contributed by atoms with Crippen LogP contribution < -0.4 is 0 Å². The van der Waals surface area contributed by atoms with Crippen molar-refractivity contribution in [2.75, 3.05) is 0 Å². The quantitative estimate of drug-likeness (QED) is 0.814. The van der Waals surface area contributed by atoms with E-state index in [4.69, 9.17) is 4.42 Å². The average molecular weight is 203 g/mol. The van der Waals surface area contributed by atoms with Crippen molar-refractivity contribution >= 4 is 0 Å². The zero-order valence-electron chi connectivity index (χ0n) is 8.77. The first-order chi connectivity index (χ1) is 7.10. The summed E-state index contributed by atoms with van der Waals surface area (Å²) >= 11 is 0. The van der Waals surface area contributed by atoms with Crippen LogP contribution in [0.25, 0.3) is 0 Å². The molecule has 2 rings (SSSR count). The molecule has 15 heavy (non-hydrogen) atoms. The van der Waals surface area contributed by atoms with Crippen LogP contribution in [0.1, 0.15) is 23.6 Å². The first-order valence-electron chi connectivity index (χ1n) is 4.78. The lowest BCUT2D eigenvalue weighted by molar-refractivity contribution is 0.101. The van der Waals surface area contributed by atoms with Crippen molar-refractivity contribution in [3.05, 3.63) is 53.7 Å². The second kappa shape index (κ2) is 3.51. The number of furan rings is 1. The van der Waals surface area contributed by atoms with Crippen LogP contribution in [-0.2, 0) is 5.60 Å². The molecule has 3 nitrogen and oxygen atoms in total. The van der Waals surface area contributed by atoms with E-state index in [9.17, 15) is 5.11 Å². The highest BCUT2D eigenvalue weighted by Crippen LogP contribution is 2.28. The van der Waals surface area contributed by atoms with Crippen molar-refractivity contribution in [1.82, 2.24) is 4.98 Å². The minimum atomic E-state index is -1.05. The third-order valence-electron chi connectivity index (χ3n) is 2.52. The van der Waals surface area contributed by atoms with Gasteiger partial charge in [0.25, 0.3) is 0 Å². The molecule has 1 N–H and O–H groups in total. The van der Waals surface area contributed by atoms with Crippen molar-refractivity contribution < 1.29 is 9.52 Å². The molecule has 2 heterocycles. The monoisotopic (exact) mass is 203 g/mol. The van der Waals surface area contributed by atoms with Gasteiger partial charge >= 0.3 is 0 Å². The smallest absolute Gasteiger partial charge is 0.116 e. The lowest BCUT2D eigenvalue weighted by Crippen LogP contribution is -2.22. The number of pyridine rings is 1. The Balaban J connectivity index is 2.46. The standard InChI is InChI=1S/C12H13NO2/c1-9-5-11(7-13-6-9)12(2,14)10-3-4-15-8-10/h3-8,14H,1-2H3. The maximum absolute atomic E-state index is 10.4. The molecule has 0 saturated carbocycles. The van der Waals surface area contributed by atoms with Crippen LogP contribution >= 0.6 is 0 Å². The van der Waals surface area contributed by atoms with E-state index in [1.54, 1.807) is 37.9 Å². The fraction of sp³-hybridized carbons (Fsp3) is 0.250. The molecule has 0 spiro atoms. The van der Waals surface area contributed by atoms with Gasteiger partial charge in [0.1, 0.15) is 5.60 Å². The third-order valence-corrected chi connectivity index (χ3v) is 2.52. The van der Waals surface area contributed by atoms with Crippen molar-refractivity contribution in [3.63, 3.8) is 0 Å². The highest BCUT2D eigenvalue weighted by Gasteiger charge is 2.26. The molecular formula is C12H13NO2. The van der Waals surface area contributed by atoms with Crippen LogP contribution in [0, 0.1) is 6.92 Å². The molecule has 0 bridgehead atoms. The van der Waals surface area contributed by atoms with Gasteiger partial charge in [-0.25, -0.2) is 0 Å². The molecule has 0 amide bonds. The lowest BCUT2D eigenvalue weighted by Gasteiger charge is -2.22. The van der Waals surface area contributed by atoms with Gasteiger partial charge in [-0.2, -0.15) is 0 Å². The highest BCUT2D eigenvalue weighted by molar-refractivity contribution is 5.32. The first kappa shape index (κ1) is 9.93. The summed E-state index contributed by atoms with van der Waals surface area (Å²) in [5.41, 5.74) is 1.47. The third kappa shape index (κ3) is 1.78. The Hall–Kier alpha value is -1.61. The van der Waals surface area contributed by atoms with E-state index in [1.165, 1.54) is 0 Å². The number of hydrogen-bond acceptors (Lipinski definition) is 3. The molecule has 2 aromatic heterocycles. The number of aryl methyl sites for hydroxylation is 1. The number of nitrogens with zero attached hydrogens (tertiary/aromatic N) is 1. The van der Waals surface area contributed by atoms with E-state index >= 15 is 0 Å². The van der Waals surface area contributed by atoms with Crippen LogP contribution in [0.15, 0.2) is 41.5 Å². The van der Waals surface area contributed by atoms with E-state index in [-0.39, 0.29) is 0 Å². The second-order valence-corrected chi connectivity index (χ2v) is 3.84. The molecule has 0 aliphatic carbocycles. The topological polar surface area (TPSA) is 46.3 Å². The molecule has 78 valence electrons. The Kier molecular flexibility index (Phi) is 2.32. The van der Waals surface area contributed by atoms with Gasteiger partial charge in [-0.05, 0) is 31.5 Å². The molecule has 2 aromatic rings. The molecular weight excluding hydrogens is 190 g/mol. The molecule has 0 fully saturated rings. The molecule has 0 saturated heterocycles. The van der Waals surface area contributed by atoms with Gasteiger partial charge in [-0.15, -0.1) is 0 Å². The summed E-state index contributed by atoms with van der Waals surface area (Å²) in [5.74, 6) is 0. The Morgan fingerprint density at radius 3 is 2.73 bits per heavy atom. The van der Waals surface area contributed by atoms with Crippen LogP contribution in [0.4, 0.5) is 0 Å². The summed E-state index contributed by atoms with van der Waals surface area (Å²) in [6, 6.07) is 3.67. The van der Waals surface area contributed by atoms with Crippen LogP contribution in [0.2, 0.25) is 0 Å². The fourth-order valence-corrected chi connectivity index (χ4v) is 1.53. The SMILES string of the molecule is Cc1cncc(C(C)(O)c2ccoc2)c1. The number of aliphatic hydroxyl groups is 1. The summed E-state index contributed by atoms with van der Waals surface area (Å²) in [5, 5.41) is 10.4. The zero-order chi connectivity index (χ0) is 10.9. The van der Waals surface area contributed by atoms with E-state index < -0.39 is 5.60 Å².